The third-order valence-electron chi connectivity index (χ3n) is 2.24. The van der Waals surface area contributed by atoms with Crippen LogP contribution in [-0.2, 0) is 9.53 Å². The molecule has 0 radical (unpaired) electrons. The van der Waals surface area contributed by atoms with Crippen LogP contribution in [0.25, 0.3) is 0 Å². The molecular formula is C9H19NO2. The number of rotatable bonds is 5. The van der Waals surface area contributed by atoms with Gasteiger partial charge in [0.1, 0.15) is 0 Å². The first-order valence-electron chi connectivity index (χ1n) is 4.46. The molecule has 3 heteroatoms. The predicted molar refractivity (Wildman–Crippen MR) is 48.9 cm³/mol. The predicted octanol–water partition coefficient (Wildman–Crippen LogP) is 1.18. The number of methoxy groups -OCH3 is 1. The number of hydrogen-bond donors (Lipinski definition) is 1. The van der Waals surface area contributed by atoms with Gasteiger partial charge in [-0.1, -0.05) is 13.8 Å². The van der Waals surface area contributed by atoms with Gasteiger partial charge >= 0.3 is 5.97 Å². The minimum Gasteiger partial charge on any atom is -0.469 e. The first kappa shape index (κ1) is 11.4. The van der Waals surface area contributed by atoms with Gasteiger partial charge in [-0.2, -0.15) is 0 Å². The lowest BCUT2D eigenvalue weighted by molar-refractivity contribution is -0.146. The molecule has 2 atom stereocenters. The second-order valence-electron chi connectivity index (χ2n) is 2.84. The highest BCUT2D eigenvalue weighted by atomic mass is 16.5. The van der Waals surface area contributed by atoms with Crippen LogP contribution in [0.1, 0.15) is 26.7 Å². The van der Waals surface area contributed by atoms with Crippen molar-refractivity contribution in [1.29, 1.82) is 0 Å². The largest absolute Gasteiger partial charge is 0.469 e. The molecule has 0 aliphatic carbocycles. The molecule has 0 bridgehead atoms. The molecule has 12 heavy (non-hydrogen) atoms. The summed E-state index contributed by atoms with van der Waals surface area (Å²) >= 11 is 0. The van der Waals surface area contributed by atoms with Crippen molar-refractivity contribution in [2.24, 2.45) is 5.92 Å². The number of ether oxygens (including phenoxy) is 1. The van der Waals surface area contributed by atoms with E-state index in [9.17, 15) is 4.79 Å². The topological polar surface area (TPSA) is 38.3 Å². The first-order valence-corrected chi connectivity index (χ1v) is 4.46. The fourth-order valence-corrected chi connectivity index (χ4v) is 1.46. The van der Waals surface area contributed by atoms with E-state index < -0.39 is 0 Å². The summed E-state index contributed by atoms with van der Waals surface area (Å²) in [6.45, 7) is 4.06. The molecule has 0 fully saturated rings. The monoisotopic (exact) mass is 173 g/mol. The summed E-state index contributed by atoms with van der Waals surface area (Å²) in [6.07, 6.45) is 1.77. The van der Waals surface area contributed by atoms with Gasteiger partial charge in [-0.15, -0.1) is 0 Å². The maximum atomic E-state index is 11.2. The van der Waals surface area contributed by atoms with E-state index in [1.54, 1.807) is 0 Å². The molecule has 0 rings (SSSR count). The van der Waals surface area contributed by atoms with Gasteiger partial charge in [0, 0.05) is 6.04 Å². The fourth-order valence-electron chi connectivity index (χ4n) is 1.46. The zero-order valence-corrected chi connectivity index (χ0v) is 8.39. The number of carbonyl (C=O) groups excluding carboxylic acids is 1. The van der Waals surface area contributed by atoms with Gasteiger partial charge in [0.25, 0.3) is 0 Å². The van der Waals surface area contributed by atoms with E-state index in [0.29, 0.717) is 0 Å². The standard InChI is InChI=1S/C9H19NO2/c1-5-7(9(11)12-4)8(6-2)10-3/h7-8,10H,5-6H2,1-4H3. The van der Waals surface area contributed by atoms with E-state index in [4.69, 9.17) is 4.74 Å². The zero-order valence-electron chi connectivity index (χ0n) is 8.39. The Bertz CT molecular complexity index is 132. The summed E-state index contributed by atoms with van der Waals surface area (Å²) in [5.74, 6) is -0.122. The van der Waals surface area contributed by atoms with Crippen LogP contribution in [-0.4, -0.2) is 26.2 Å². The highest BCUT2D eigenvalue weighted by Gasteiger charge is 2.24. The lowest BCUT2D eigenvalue weighted by atomic mass is 9.95. The van der Waals surface area contributed by atoms with Crippen molar-refractivity contribution >= 4 is 5.97 Å². The summed E-state index contributed by atoms with van der Waals surface area (Å²) in [4.78, 5) is 11.2. The maximum Gasteiger partial charge on any atom is 0.310 e. The average molecular weight is 173 g/mol. The van der Waals surface area contributed by atoms with E-state index >= 15 is 0 Å². The van der Waals surface area contributed by atoms with E-state index in [0.717, 1.165) is 12.8 Å². The van der Waals surface area contributed by atoms with Crippen molar-refractivity contribution in [2.45, 2.75) is 32.7 Å². The first-order chi connectivity index (χ1) is 5.71. The molecule has 1 N–H and O–H groups in total. The summed E-state index contributed by atoms with van der Waals surface area (Å²) in [7, 11) is 3.31. The second-order valence-corrected chi connectivity index (χ2v) is 2.84. The lowest BCUT2D eigenvalue weighted by Gasteiger charge is -2.22. The smallest absolute Gasteiger partial charge is 0.310 e. The SMILES string of the molecule is CCC(NC)C(CC)C(=O)OC. The van der Waals surface area contributed by atoms with Gasteiger partial charge < -0.3 is 10.1 Å². The number of esters is 1. The molecule has 0 amide bonds. The Hall–Kier alpha value is -0.570. The van der Waals surface area contributed by atoms with E-state index in [1.807, 2.05) is 14.0 Å². The van der Waals surface area contributed by atoms with Gasteiger partial charge in [-0.05, 0) is 19.9 Å². The minimum atomic E-state index is -0.112. The lowest BCUT2D eigenvalue weighted by Crippen LogP contribution is -2.37. The van der Waals surface area contributed by atoms with Gasteiger partial charge in [0.15, 0.2) is 0 Å². The van der Waals surface area contributed by atoms with Crippen LogP contribution >= 0.6 is 0 Å². The summed E-state index contributed by atoms with van der Waals surface area (Å²) in [5.41, 5.74) is 0. The molecular weight excluding hydrogens is 154 g/mol. The number of nitrogens with one attached hydrogen (secondary N) is 1. The van der Waals surface area contributed by atoms with E-state index in [-0.39, 0.29) is 17.9 Å². The minimum absolute atomic E-state index is 0.00926. The number of hydrogen-bond acceptors (Lipinski definition) is 3. The quantitative estimate of drug-likeness (QED) is 0.634. The van der Waals surface area contributed by atoms with Crippen LogP contribution in [0.15, 0.2) is 0 Å². The van der Waals surface area contributed by atoms with Crippen LogP contribution in [0.5, 0.6) is 0 Å². The molecule has 2 unspecified atom stereocenters. The van der Waals surface area contributed by atoms with Crippen molar-refractivity contribution in [2.75, 3.05) is 14.2 Å². The van der Waals surface area contributed by atoms with E-state index in [1.165, 1.54) is 7.11 Å². The normalized spacial score (nSPS) is 15.3. The van der Waals surface area contributed by atoms with E-state index in [2.05, 4.69) is 12.2 Å². The highest BCUT2D eigenvalue weighted by molar-refractivity contribution is 5.73. The maximum absolute atomic E-state index is 11.2. The Labute approximate surface area is 74.5 Å². The molecule has 72 valence electrons. The van der Waals surface area contributed by atoms with Crippen LogP contribution in [0.2, 0.25) is 0 Å². The van der Waals surface area contributed by atoms with Crippen molar-refractivity contribution in [1.82, 2.24) is 5.32 Å². The fraction of sp³-hybridized carbons (Fsp3) is 0.889. The molecule has 0 spiro atoms. The van der Waals surface area contributed by atoms with Gasteiger partial charge in [-0.25, -0.2) is 0 Å². The molecule has 0 aromatic carbocycles. The van der Waals surface area contributed by atoms with Crippen molar-refractivity contribution in [3.63, 3.8) is 0 Å². The van der Waals surface area contributed by atoms with Crippen molar-refractivity contribution in [3.05, 3.63) is 0 Å². The van der Waals surface area contributed by atoms with Gasteiger partial charge in [0.05, 0.1) is 13.0 Å². The third-order valence-corrected chi connectivity index (χ3v) is 2.24. The Kier molecular flexibility index (Phi) is 5.72. The molecule has 0 aromatic heterocycles. The molecule has 0 saturated heterocycles. The van der Waals surface area contributed by atoms with Gasteiger partial charge in [0.2, 0.25) is 0 Å². The molecule has 0 heterocycles. The second kappa shape index (κ2) is 6.00. The number of carbonyl (C=O) groups is 1. The van der Waals surface area contributed by atoms with Crippen molar-refractivity contribution < 1.29 is 9.53 Å². The molecule has 0 aliphatic rings. The molecule has 3 nitrogen and oxygen atoms in total. The van der Waals surface area contributed by atoms with Crippen LogP contribution < -0.4 is 5.32 Å². The zero-order chi connectivity index (χ0) is 9.56. The third kappa shape index (κ3) is 2.81. The average Bonchev–Trinajstić information content (AvgIpc) is 2.12. The summed E-state index contributed by atoms with van der Waals surface area (Å²) in [5, 5.41) is 3.12. The van der Waals surface area contributed by atoms with Crippen LogP contribution in [0.3, 0.4) is 0 Å². The van der Waals surface area contributed by atoms with Crippen LogP contribution in [0.4, 0.5) is 0 Å². The molecule has 0 aliphatic heterocycles. The van der Waals surface area contributed by atoms with Gasteiger partial charge in [-0.3, -0.25) is 4.79 Å². The Morgan fingerprint density at radius 2 is 2.00 bits per heavy atom. The Morgan fingerprint density at radius 1 is 1.42 bits per heavy atom. The Balaban J connectivity index is 4.19. The highest BCUT2D eigenvalue weighted by Crippen LogP contribution is 2.12. The Morgan fingerprint density at radius 3 is 2.25 bits per heavy atom. The molecule has 0 saturated carbocycles. The summed E-state index contributed by atoms with van der Waals surface area (Å²) in [6, 6.07) is 0.238. The molecule has 0 aromatic rings. The van der Waals surface area contributed by atoms with Crippen LogP contribution in [0, 0.1) is 5.92 Å². The van der Waals surface area contributed by atoms with Crippen molar-refractivity contribution in [3.8, 4) is 0 Å². The summed E-state index contributed by atoms with van der Waals surface area (Å²) < 4.78 is 4.71.